The fourth-order valence-corrected chi connectivity index (χ4v) is 4.88. The Balaban J connectivity index is 1.66. The predicted octanol–water partition coefficient (Wildman–Crippen LogP) is 4.00. The molecule has 4 rings (SSSR count). The van der Waals surface area contributed by atoms with E-state index in [1.807, 2.05) is 6.07 Å². The van der Waals surface area contributed by atoms with Crippen LogP contribution < -0.4 is 0 Å². The lowest BCUT2D eigenvalue weighted by atomic mass is 9.75. The number of piperidine rings is 1. The van der Waals surface area contributed by atoms with E-state index in [2.05, 4.69) is 59.5 Å². The van der Waals surface area contributed by atoms with Crippen LogP contribution in [-0.4, -0.2) is 30.1 Å². The number of hydrogen-bond donors (Lipinski definition) is 0. The lowest BCUT2D eigenvalue weighted by Crippen LogP contribution is -2.49. The van der Waals surface area contributed by atoms with Gasteiger partial charge >= 0.3 is 5.97 Å². The van der Waals surface area contributed by atoms with Gasteiger partial charge in [0.1, 0.15) is 0 Å². The Bertz CT molecular complexity index is 715. The SMILES string of the molecule is COC(=O)[C@H]1C[C@H]2CC[C@H]([C@H]1c1ccccc1)N2Cc1ccccc1. The summed E-state index contributed by atoms with van der Waals surface area (Å²) in [5.41, 5.74) is 2.61. The van der Waals surface area contributed by atoms with Crippen LogP contribution in [0.4, 0.5) is 0 Å². The van der Waals surface area contributed by atoms with Crippen LogP contribution in [0.2, 0.25) is 0 Å². The van der Waals surface area contributed by atoms with E-state index in [1.54, 1.807) is 0 Å². The van der Waals surface area contributed by atoms with Gasteiger partial charge in [0, 0.05) is 24.5 Å². The maximum absolute atomic E-state index is 12.5. The van der Waals surface area contributed by atoms with Crippen molar-refractivity contribution in [1.82, 2.24) is 4.90 Å². The van der Waals surface area contributed by atoms with Gasteiger partial charge in [0.2, 0.25) is 0 Å². The van der Waals surface area contributed by atoms with Crippen molar-refractivity contribution in [3.63, 3.8) is 0 Å². The number of hydrogen-bond acceptors (Lipinski definition) is 3. The first-order valence-corrected chi connectivity index (χ1v) is 9.20. The zero-order valence-corrected chi connectivity index (χ0v) is 14.7. The second-order valence-electron chi connectivity index (χ2n) is 7.26. The molecule has 3 nitrogen and oxygen atoms in total. The Morgan fingerprint density at radius 1 is 1.04 bits per heavy atom. The van der Waals surface area contributed by atoms with Crippen LogP contribution in [0.5, 0.6) is 0 Å². The molecule has 0 amide bonds. The van der Waals surface area contributed by atoms with Crippen molar-refractivity contribution in [1.29, 1.82) is 0 Å². The quantitative estimate of drug-likeness (QED) is 0.791. The van der Waals surface area contributed by atoms with Gasteiger partial charge in [0.05, 0.1) is 13.0 Å². The molecule has 25 heavy (non-hydrogen) atoms. The van der Waals surface area contributed by atoms with Gasteiger partial charge in [-0.15, -0.1) is 0 Å². The van der Waals surface area contributed by atoms with Crippen molar-refractivity contribution in [2.75, 3.05) is 7.11 Å². The first-order chi connectivity index (χ1) is 12.3. The van der Waals surface area contributed by atoms with Crippen LogP contribution in [-0.2, 0) is 16.1 Å². The third-order valence-electron chi connectivity index (χ3n) is 5.96. The average molecular weight is 335 g/mol. The minimum absolute atomic E-state index is 0.0306. The molecule has 2 aliphatic heterocycles. The molecule has 3 heteroatoms. The normalized spacial score (nSPS) is 28.7. The minimum atomic E-state index is -0.0508. The summed E-state index contributed by atoms with van der Waals surface area (Å²) in [6.07, 6.45) is 3.23. The van der Waals surface area contributed by atoms with Gasteiger partial charge in [-0.2, -0.15) is 0 Å². The summed E-state index contributed by atoms with van der Waals surface area (Å²) in [4.78, 5) is 15.1. The van der Waals surface area contributed by atoms with Crippen LogP contribution in [0.25, 0.3) is 0 Å². The van der Waals surface area contributed by atoms with Crippen molar-refractivity contribution >= 4 is 5.97 Å². The maximum Gasteiger partial charge on any atom is 0.309 e. The Morgan fingerprint density at radius 2 is 1.72 bits per heavy atom. The van der Waals surface area contributed by atoms with Gasteiger partial charge in [0.15, 0.2) is 0 Å². The largest absolute Gasteiger partial charge is 0.469 e. The highest BCUT2D eigenvalue weighted by Gasteiger charge is 2.50. The lowest BCUT2D eigenvalue weighted by molar-refractivity contribution is -0.149. The highest BCUT2D eigenvalue weighted by molar-refractivity contribution is 5.74. The summed E-state index contributed by atoms with van der Waals surface area (Å²) < 4.78 is 5.16. The van der Waals surface area contributed by atoms with E-state index in [0.717, 1.165) is 19.4 Å². The second kappa shape index (κ2) is 7.01. The molecule has 0 N–H and O–H groups in total. The molecule has 2 saturated heterocycles. The number of ether oxygens (including phenoxy) is 1. The predicted molar refractivity (Wildman–Crippen MR) is 98.1 cm³/mol. The van der Waals surface area contributed by atoms with E-state index in [1.165, 1.54) is 24.7 Å². The Kier molecular flexibility index (Phi) is 4.58. The van der Waals surface area contributed by atoms with E-state index in [4.69, 9.17) is 4.74 Å². The molecule has 0 radical (unpaired) electrons. The van der Waals surface area contributed by atoms with E-state index >= 15 is 0 Å². The molecule has 0 saturated carbocycles. The highest BCUT2D eigenvalue weighted by atomic mass is 16.5. The molecule has 2 aliphatic rings. The van der Waals surface area contributed by atoms with Gasteiger partial charge in [-0.25, -0.2) is 0 Å². The van der Waals surface area contributed by atoms with Crippen molar-refractivity contribution in [3.05, 3.63) is 71.8 Å². The van der Waals surface area contributed by atoms with Gasteiger partial charge in [-0.1, -0.05) is 60.7 Å². The highest BCUT2D eigenvalue weighted by Crippen LogP contribution is 2.48. The zero-order valence-electron chi connectivity index (χ0n) is 14.7. The van der Waals surface area contributed by atoms with Crippen LogP contribution in [0.15, 0.2) is 60.7 Å². The maximum atomic E-state index is 12.5. The van der Waals surface area contributed by atoms with E-state index in [-0.39, 0.29) is 17.8 Å². The summed E-state index contributed by atoms with van der Waals surface area (Å²) in [7, 11) is 1.52. The van der Waals surface area contributed by atoms with E-state index < -0.39 is 0 Å². The molecule has 0 aromatic heterocycles. The molecule has 130 valence electrons. The van der Waals surface area contributed by atoms with Gasteiger partial charge in [-0.3, -0.25) is 9.69 Å². The third kappa shape index (κ3) is 3.09. The Hall–Kier alpha value is -2.13. The number of carbonyl (C=O) groups excluding carboxylic acids is 1. The smallest absolute Gasteiger partial charge is 0.309 e. The molecule has 2 fully saturated rings. The van der Waals surface area contributed by atoms with Gasteiger partial charge < -0.3 is 4.74 Å². The Morgan fingerprint density at radius 3 is 2.40 bits per heavy atom. The first kappa shape index (κ1) is 16.3. The fraction of sp³-hybridized carbons (Fsp3) is 0.409. The summed E-state index contributed by atoms with van der Waals surface area (Å²) in [6, 6.07) is 22.1. The van der Waals surface area contributed by atoms with Crippen molar-refractivity contribution in [2.24, 2.45) is 5.92 Å². The van der Waals surface area contributed by atoms with E-state index in [9.17, 15) is 4.79 Å². The van der Waals surface area contributed by atoms with Crippen LogP contribution in [0.3, 0.4) is 0 Å². The molecule has 0 aliphatic carbocycles. The topological polar surface area (TPSA) is 29.5 Å². The summed E-state index contributed by atoms with van der Waals surface area (Å²) in [5.74, 6) is 0.137. The van der Waals surface area contributed by atoms with Crippen molar-refractivity contribution < 1.29 is 9.53 Å². The monoisotopic (exact) mass is 335 g/mol. The molecule has 2 bridgehead atoms. The number of rotatable bonds is 4. The molecule has 0 spiro atoms. The van der Waals surface area contributed by atoms with Crippen LogP contribution in [0.1, 0.15) is 36.3 Å². The molecule has 0 unspecified atom stereocenters. The van der Waals surface area contributed by atoms with Crippen LogP contribution >= 0.6 is 0 Å². The Labute approximate surface area is 149 Å². The number of carbonyl (C=O) groups is 1. The van der Waals surface area contributed by atoms with Gasteiger partial charge in [0.25, 0.3) is 0 Å². The molecule has 2 aromatic carbocycles. The average Bonchev–Trinajstić information content (AvgIpc) is 2.93. The summed E-state index contributed by atoms with van der Waals surface area (Å²) >= 11 is 0. The van der Waals surface area contributed by atoms with Crippen molar-refractivity contribution in [2.45, 2.75) is 43.8 Å². The second-order valence-corrected chi connectivity index (χ2v) is 7.26. The van der Waals surface area contributed by atoms with E-state index in [0.29, 0.717) is 12.1 Å². The van der Waals surface area contributed by atoms with Gasteiger partial charge in [-0.05, 0) is 30.4 Å². The third-order valence-corrected chi connectivity index (χ3v) is 5.96. The number of fused-ring (bicyclic) bond motifs is 2. The number of benzene rings is 2. The summed E-state index contributed by atoms with van der Waals surface area (Å²) in [5, 5.41) is 0. The number of esters is 1. The number of methoxy groups -OCH3 is 1. The first-order valence-electron chi connectivity index (χ1n) is 9.20. The van der Waals surface area contributed by atoms with Crippen LogP contribution in [0, 0.1) is 5.92 Å². The summed E-state index contributed by atoms with van der Waals surface area (Å²) in [6.45, 7) is 0.966. The number of nitrogens with zero attached hydrogens (tertiary/aromatic N) is 1. The minimum Gasteiger partial charge on any atom is -0.469 e. The molecule has 4 atom stereocenters. The molecular weight excluding hydrogens is 310 g/mol. The molecule has 2 heterocycles. The zero-order chi connectivity index (χ0) is 17.2. The lowest BCUT2D eigenvalue weighted by Gasteiger charge is -2.44. The standard InChI is InChI=1S/C22H25NO2/c1-25-22(24)19-14-18-12-13-20(21(19)17-10-6-3-7-11-17)23(18)15-16-8-4-2-5-9-16/h2-11,18-21H,12-15H2,1H3/t18-,19+,20-,21+/m1/s1. The molecular formula is C22H25NO2. The molecule has 2 aromatic rings. The van der Waals surface area contributed by atoms with Crippen molar-refractivity contribution in [3.8, 4) is 0 Å². The fourth-order valence-electron chi connectivity index (χ4n) is 4.88.